The Morgan fingerprint density at radius 2 is 1.89 bits per heavy atom. The summed E-state index contributed by atoms with van der Waals surface area (Å²) in [5.41, 5.74) is 7.24. The van der Waals surface area contributed by atoms with Crippen molar-refractivity contribution in [2.75, 3.05) is 7.05 Å². The first-order chi connectivity index (χ1) is 13.3. The molecule has 0 spiro atoms. The summed E-state index contributed by atoms with van der Waals surface area (Å²) in [6, 6.07) is 10.4. The fourth-order valence-corrected chi connectivity index (χ4v) is 3.37. The van der Waals surface area contributed by atoms with Crippen LogP contribution in [0.1, 0.15) is 45.6 Å². The molecule has 0 saturated carbocycles. The molecular weight excluding hydrogens is 328 g/mol. The highest BCUT2D eigenvalue weighted by Gasteiger charge is 2.19. The monoisotopic (exact) mass is 358 g/mol. The number of hydrogen-bond donors (Lipinski definition) is 0. The normalized spacial score (nSPS) is 17.3. The van der Waals surface area contributed by atoms with E-state index in [0.29, 0.717) is 0 Å². The van der Waals surface area contributed by atoms with E-state index in [9.17, 15) is 0 Å². The van der Waals surface area contributed by atoms with Crippen molar-refractivity contribution >= 4 is 11.9 Å². The number of rotatable bonds is 4. The Labute approximate surface area is 164 Å². The van der Waals surface area contributed by atoms with E-state index < -0.39 is 0 Å². The molecule has 1 heterocycles. The molecule has 0 saturated heterocycles. The van der Waals surface area contributed by atoms with Crippen LogP contribution >= 0.6 is 0 Å². The Balaban J connectivity index is 0.00000126. The van der Waals surface area contributed by atoms with Crippen LogP contribution in [0, 0.1) is 0 Å². The second-order valence-corrected chi connectivity index (χ2v) is 6.06. The SMILES string of the molecule is C/C=C(\C1=CC=CCC1)C1=C(C(=NC)c2ccccc2)CC=CN=C1.CC. The van der Waals surface area contributed by atoms with Crippen LogP contribution in [-0.4, -0.2) is 19.0 Å². The topological polar surface area (TPSA) is 24.7 Å². The fourth-order valence-electron chi connectivity index (χ4n) is 3.37. The van der Waals surface area contributed by atoms with Gasteiger partial charge in [-0.05, 0) is 48.5 Å². The second kappa shape index (κ2) is 11.1. The number of benzene rings is 1. The van der Waals surface area contributed by atoms with Crippen molar-refractivity contribution in [1.29, 1.82) is 0 Å². The van der Waals surface area contributed by atoms with Crippen molar-refractivity contribution in [3.8, 4) is 0 Å². The summed E-state index contributed by atoms with van der Waals surface area (Å²) in [5, 5.41) is 0. The third kappa shape index (κ3) is 5.13. The van der Waals surface area contributed by atoms with Crippen molar-refractivity contribution in [3.05, 3.63) is 94.8 Å². The van der Waals surface area contributed by atoms with Crippen LogP contribution in [0.4, 0.5) is 0 Å². The first kappa shape index (κ1) is 20.6. The van der Waals surface area contributed by atoms with E-state index in [1.165, 1.54) is 22.3 Å². The summed E-state index contributed by atoms with van der Waals surface area (Å²) in [6.07, 6.45) is 17.8. The van der Waals surface area contributed by atoms with Gasteiger partial charge in [-0.2, -0.15) is 0 Å². The molecule has 140 valence electrons. The van der Waals surface area contributed by atoms with Gasteiger partial charge in [0.1, 0.15) is 0 Å². The zero-order chi connectivity index (χ0) is 19.5. The van der Waals surface area contributed by atoms with Gasteiger partial charge in [-0.1, -0.05) is 74.6 Å². The van der Waals surface area contributed by atoms with E-state index in [1.807, 2.05) is 39.4 Å². The molecule has 0 amide bonds. The highest BCUT2D eigenvalue weighted by atomic mass is 14.7. The maximum atomic E-state index is 4.64. The maximum Gasteiger partial charge on any atom is 0.0685 e. The number of hydrogen-bond acceptors (Lipinski definition) is 2. The zero-order valence-electron chi connectivity index (χ0n) is 16.9. The van der Waals surface area contributed by atoms with Crippen molar-refractivity contribution < 1.29 is 0 Å². The summed E-state index contributed by atoms with van der Waals surface area (Å²) in [6.45, 7) is 6.11. The lowest BCUT2D eigenvalue weighted by molar-refractivity contribution is 0.973. The van der Waals surface area contributed by atoms with E-state index in [-0.39, 0.29) is 0 Å². The van der Waals surface area contributed by atoms with Crippen LogP contribution in [-0.2, 0) is 0 Å². The van der Waals surface area contributed by atoms with Crippen LogP contribution < -0.4 is 0 Å². The largest absolute Gasteiger partial charge is 0.288 e. The van der Waals surface area contributed by atoms with E-state index in [4.69, 9.17) is 0 Å². The van der Waals surface area contributed by atoms with Gasteiger partial charge >= 0.3 is 0 Å². The first-order valence-corrected chi connectivity index (χ1v) is 9.81. The van der Waals surface area contributed by atoms with Gasteiger partial charge in [-0.25, -0.2) is 0 Å². The van der Waals surface area contributed by atoms with E-state index >= 15 is 0 Å². The van der Waals surface area contributed by atoms with Crippen LogP contribution in [0.25, 0.3) is 0 Å². The molecule has 0 fully saturated rings. The van der Waals surface area contributed by atoms with Gasteiger partial charge in [0, 0.05) is 25.0 Å². The zero-order valence-corrected chi connectivity index (χ0v) is 16.9. The summed E-state index contributed by atoms with van der Waals surface area (Å²) in [7, 11) is 1.87. The molecule has 0 N–H and O–H groups in total. The Bertz CT molecular complexity index is 828. The fraction of sp³-hybridized carbons (Fsp3) is 0.280. The predicted octanol–water partition coefficient (Wildman–Crippen LogP) is 6.64. The first-order valence-electron chi connectivity index (χ1n) is 9.81. The van der Waals surface area contributed by atoms with Gasteiger partial charge in [-0.15, -0.1) is 0 Å². The average Bonchev–Trinajstić information content (AvgIpc) is 2.99. The van der Waals surface area contributed by atoms with Gasteiger partial charge in [-0.3, -0.25) is 9.98 Å². The Kier molecular flexibility index (Phi) is 8.44. The van der Waals surface area contributed by atoms with Crippen molar-refractivity contribution in [2.45, 2.75) is 40.0 Å². The minimum absolute atomic E-state index is 0.831. The maximum absolute atomic E-state index is 4.64. The molecule has 0 unspecified atom stereocenters. The molecule has 0 radical (unpaired) electrons. The average molecular weight is 359 g/mol. The molecule has 3 rings (SSSR count). The molecule has 0 bridgehead atoms. The number of aliphatic imine (C=N–C) groups is 2. The lowest BCUT2D eigenvalue weighted by Gasteiger charge is -2.19. The van der Waals surface area contributed by atoms with Crippen LogP contribution in [0.3, 0.4) is 0 Å². The molecule has 2 nitrogen and oxygen atoms in total. The predicted molar refractivity (Wildman–Crippen MR) is 120 cm³/mol. The van der Waals surface area contributed by atoms with Crippen LogP contribution in [0.5, 0.6) is 0 Å². The van der Waals surface area contributed by atoms with E-state index in [2.05, 4.69) is 71.6 Å². The molecule has 27 heavy (non-hydrogen) atoms. The highest BCUT2D eigenvalue weighted by Crippen LogP contribution is 2.31. The van der Waals surface area contributed by atoms with Crippen LogP contribution in [0.15, 0.2) is 99.2 Å². The number of nitrogens with zero attached hydrogens (tertiary/aromatic N) is 2. The molecule has 1 aliphatic heterocycles. The molecule has 0 atom stereocenters. The van der Waals surface area contributed by atoms with Gasteiger partial charge in [0.25, 0.3) is 0 Å². The Morgan fingerprint density at radius 3 is 2.52 bits per heavy atom. The number of allylic oxidation sites excluding steroid dienone is 9. The summed E-state index contributed by atoms with van der Waals surface area (Å²) in [5.74, 6) is 0. The van der Waals surface area contributed by atoms with Gasteiger partial charge in [0.05, 0.1) is 5.71 Å². The molecule has 1 aromatic rings. The molecule has 1 aliphatic carbocycles. The Hall–Kier alpha value is -2.74. The molecular formula is C25H30N2. The van der Waals surface area contributed by atoms with Crippen LogP contribution in [0.2, 0.25) is 0 Å². The van der Waals surface area contributed by atoms with E-state index in [1.54, 1.807) is 0 Å². The molecule has 2 heteroatoms. The van der Waals surface area contributed by atoms with E-state index in [0.717, 1.165) is 30.5 Å². The summed E-state index contributed by atoms with van der Waals surface area (Å²) in [4.78, 5) is 9.11. The minimum Gasteiger partial charge on any atom is -0.288 e. The van der Waals surface area contributed by atoms with Crippen molar-refractivity contribution in [1.82, 2.24) is 0 Å². The lowest BCUT2D eigenvalue weighted by Crippen LogP contribution is -2.11. The molecule has 0 aromatic heterocycles. The smallest absolute Gasteiger partial charge is 0.0685 e. The molecule has 2 aliphatic rings. The van der Waals surface area contributed by atoms with Gasteiger partial charge in [0.15, 0.2) is 0 Å². The lowest BCUT2D eigenvalue weighted by atomic mass is 9.86. The van der Waals surface area contributed by atoms with Crippen molar-refractivity contribution in [3.63, 3.8) is 0 Å². The third-order valence-corrected chi connectivity index (χ3v) is 4.54. The Morgan fingerprint density at radius 1 is 1.11 bits per heavy atom. The third-order valence-electron chi connectivity index (χ3n) is 4.54. The highest BCUT2D eigenvalue weighted by molar-refractivity contribution is 6.16. The summed E-state index contributed by atoms with van der Waals surface area (Å²) < 4.78 is 0. The van der Waals surface area contributed by atoms with Gasteiger partial charge in [0.2, 0.25) is 0 Å². The second-order valence-electron chi connectivity index (χ2n) is 6.06. The minimum atomic E-state index is 0.831. The molecule has 1 aromatic carbocycles. The standard InChI is InChI=1S/C23H24N2.C2H6/c1-3-20(18-11-6-4-7-12-18)22-17-25-16-10-15-21(22)23(24-2)19-13-8-5-9-14-19;1-2/h3-6,8-11,13-14,16-17H,7,12,15H2,1-2H3;1-2H3/b20-3+,24-23?;. The van der Waals surface area contributed by atoms with Gasteiger partial charge < -0.3 is 0 Å². The summed E-state index contributed by atoms with van der Waals surface area (Å²) >= 11 is 0. The quantitative estimate of drug-likeness (QED) is 0.539. The van der Waals surface area contributed by atoms with Crippen molar-refractivity contribution in [2.24, 2.45) is 9.98 Å².